The highest BCUT2D eigenvalue weighted by atomic mass is 16.8. The summed E-state index contributed by atoms with van der Waals surface area (Å²) in [6, 6.07) is -0.734. The number of piperidine rings is 1. The number of aliphatic hydroxyl groups excluding tert-OH is 5. The molecule has 1 saturated carbocycles. The maximum absolute atomic E-state index is 13.6. The van der Waals surface area contributed by atoms with Crippen LogP contribution in [0.15, 0.2) is 41.6 Å². The Morgan fingerprint density at radius 1 is 1.12 bits per heavy atom. The zero-order valence-corrected chi connectivity index (χ0v) is 27.1. The number of hydrogen-bond donors (Lipinski definition) is 8. The topological polar surface area (TPSA) is 250 Å². The van der Waals surface area contributed by atoms with Gasteiger partial charge in [0.15, 0.2) is 12.2 Å². The maximum atomic E-state index is 13.6. The number of nitrogens with zero attached hydrogens (tertiary/aromatic N) is 1. The molecule has 3 aliphatic heterocycles. The highest BCUT2D eigenvalue weighted by Crippen LogP contribution is 2.37. The van der Waals surface area contributed by atoms with Crippen LogP contribution in [0.25, 0.3) is 0 Å². The number of rotatable bonds is 12. The van der Waals surface area contributed by atoms with E-state index >= 15 is 0 Å². The van der Waals surface area contributed by atoms with Gasteiger partial charge in [-0.3, -0.25) is 4.99 Å². The molecule has 0 bridgehead atoms. The molecule has 16 nitrogen and oxygen atoms in total. The van der Waals surface area contributed by atoms with Gasteiger partial charge in [0.2, 0.25) is 6.29 Å². The molecule has 1 aliphatic carbocycles. The number of carboxylic acid groups (broad SMARTS) is 1. The number of aliphatic hydroxyl groups is 5. The van der Waals surface area contributed by atoms with Gasteiger partial charge in [0.25, 0.3) is 0 Å². The van der Waals surface area contributed by atoms with Crippen LogP contribution in [0, 0.1) is 23.7 Å². The largest absolute Gasteiger partial charge is 0.550 e. The number of carboxylic acids is 1. The smallest absolute Gasteiger partial charge is 0.338 e. The van der Waals surface area contributed by atoms with Gasteiger partial charge in [-0.05, 0) is 25.7 Å². The Morgan fingerprint density at radius 2 is 1.85 bits per heavy atom. The summed E-state index contributed by atoms with van der Waals surface area (Å²) < 4.78 is 23.2. The first-order valence-electron chi connectivity index (χ1n) is 16.5. The van der Waals surface area contributed by atoms with E-state index < -0.39 is 85.3 Å². The van der Waals surface area contributed by atoms with Crippen LogP contribution in [0.1, 0.15) is 32.1 Å². The minimum absolute atomic E-state index is 0.0370. The van der Waals surface area contributed by atoms with Crippen molar-refractivity contribution in [3.8, 4) is 0 Å². The van der Waals surface area contributed by atoms with Crippen molar-refractivity contribution in [3.63, 3.8) is 0 Å². The minimum Gasteiger partial charge on any atom is -0.550 e. The van der Waals surface area contributed by atoms with Crippen molar-refractivity contribution in [1.29, 1.82) is 0 Å². The third-order valence-corrected chi connectivity index (χ3v) is 9.68. The molecule has 2 saturated heterocycles. The van der Waals surface area contributed by atoms with Crippen LogP contribution in [-0.2, 0) is 28.5 Å². The molecule has 0 aromatic carbocycles. The van der Waals surface area contributed by atoms with E-state index in [-0.39, 0.29) is 30.8 Å². The minimum atomic E-state index is -1.70. The molecule has 9 N–H and O–H groups in total. The van der Waals surface area contributed by atoms with Gasteiger partial charge < -0.3 is 70.3 Å². The summed E-state index contributed by atoms with van der Waals surface area (Å²) in [5.74, 6) is -4.92. The molecular formula is C32H50N4O12. The summed E-state index contributed by atoms with van der Waals surface area (Å²) in [4.78, 5) is 30.7. The first-order valence-corrected chi connectivity index (χ1v) is 16.5. The number of nitrogens with two attached hydrogens (primary N) is 1. The number of aliphatic imine (C=N–C) groups is 1. The first-order chi connectivity index (χ1) is 23.0. The maximum Gasteiger partial charge on any atom is 0.338 e. The number of ether oxygens (including phenoxy) is 4. The predicted octanol–water partition coefficient (Wildman–Crippen LogP) is -4.33. The Balaban J connectivity index is 1.67. The average molecular weight is 683 g/mol. The molecule has 12 atom stereocenters. The van der Waals surface area contributed by atoms with Gasteiger partial charge in [0, 0.05) is 18.9 Å². The Labute approximate surface area is 279 Å². The number of likely N-dealkylation sites (tertiary alicyclic amines) is 1. The molecule has 270 valence electrons. The molecule has 16 heteroatoms. The van der Waals surface area contributed by atoms with Crippen LogP contribution in [-0.4, -0.2) is 132 Å². The lowest BCUT2D eigenvalue weighted by Crippen LogP contribution is -3.16. The first kappa shape index (κ1) is 37.7. The second kappa shape index (κ2) is 17.5. The van der Waals surface area contributed by atoms with Gasteiger partial charge in [0.1, 0.15) is 37.1 Å². The second-order valence-corrected chi connectivity index (χ2v) is 12.8. The molecule has 3 fully saturated rings. The van der Waals surface area contributed by atoms with Crippen molar-refractivity contribution in [2.24, 2.45) is 34.4 Å². The zero-order chi connectivity index (χ0) is 35.0. The van der Waals surface area contributed by atoms with Crippen LogP contribution < -0.4 is 21.1 Å². The third kappa shape index (κ3) is 8.92. The zero-order valence-electron chi connectivity index (χ0n) is 27.1. The monoisotopic (exact) mass is 682 g/mol. The summed E-state index contributed by atoms with van der Waals surface area (Å²) in [7, 11) is 1.47. The van der Waals surface area contributed by atoms with Crippen LogP contribution >= 0.6 is 0 Å². The molecule has 4 aliphatic rings. The second-order valence-electron chi connectivity index (χ2n) is 12.8. The Bertz CT molecular complexity index is 1190. The molecule has 0 aromatic rings. The van der Waals surface area contributed by atoms with Crippen molar-refractivity contribution in [1.82, 2.24) is 5.32 Å². The van der Waals surface area contributed by atoms with Crippen molar-refractivity contribution < 1.29 is 64.1 Å². The van der Waals surface area contributed by atoms with Gasteiger partial charge in [-0.2, -0.15) is 0 Å². The predicted molar refractivity (Wildman–Crippen MR) is 166 cm³/mol. The average Bonchev–Trinajstić information content (AvgIpc) is 3.08. The number of guanidine groups is 1. The molecule has 4 unspecified atom stereocenters. The fourth-order valence-electron chi connectivity index (χ4n) is 6.96. The van der Waals surface area contributed by atoms with Crippen LogP contribution in [0.5, 0.6) is 0 Å². The summed E-state index contributed by atoms with van der Waals surface area (Å²) in [5, 5.41) is 65.6. The Kier molecular flexibility index (Phi) is 13.8. The number of allylic oxidation sites excluding steroid dienone is 1. The number of nitrogens with one attached hydrogen (secondary N) is 2. The van der Waals surface area contributed by atoms with Crippen molar-refractivity contribution in [2.45, 2.75) is 81.2 Å². The third-order valence-electron chi connectivity index (χ3n) is 9.68. The van der Waals surface area contributed by atoms with Gasteiger partial charge >= 0.3 is 5.97 Å². The molecule has 3 heterocycles. The quantitative estimate of drug-likeness (QED) is 0.0420. The SMILES string of the molecule is C=C[C@H]1[C@H](O[C@H]2O[C@H](CO)[C@@H](O)[C@H](O)[C@H]2O)OC=C(C(=O)OC2CCCCC2)[C@@H]1C=CC1C[NH+](CCO)CC(C(=O)[O-])C1NC(N)=NC. The van der Waals surface area contributed by atoms with E-state index in [1.54, 1.807) is 12.2 Å². The van der Waals surface area contributed by atoms with E-state index in [9.17, 15) is 40.2 Å². The summed E-state index contributed by atoms with van der Waals surface area (Å²) in [6.45, 7) is 4.01. The number of carbonyl (C=O) groups excluding carboxylic acids is 2. The Hall–Kier alpha value is -3.09. The summed E-state index contributed by atoms with van der Waals surface area (Å²) in [5.41, 5.74) is 6.12. The lowest BCUT2D eigenvalue weighted by atomic mass is 9.79. The number of quaternary nitrogens is 1. The Morgan fingerprint density at radius 3 is 2.48 bits per heavy atom. The molecule has 0 spiro atoms. The van der Waals surface area contributed by atoms with Gasteiger partial charge in [0.05, 0.1) is 62.0 Å². The lowest BCUT2D eigenvalue weighted by molar-refractivity contribution is -0.911. The van der Waals surface area contributed by atoms with Crippen LogP contribution in [0.4, 0.5) is 0 Å². The lowest BCUT2D eigenvalue weighted by Gasteiger charge is -2.43. The number of esters is 1. The number of carbonyl (C=O) groups is 2. The van der Waals surface area contributed by atoms with E-state index in [0.29, 0.717) is 13.1 Å². The van der Waals surface area contributed by atoms with Crippen LogP contribution in [0.2, 0.25) is 0 Å². The van der Waals surface area contributed by atoms with Crippen molar-refractivity contribution >= 4 is 17.9 Å². The molecule has 4 rings (SSSR count). The highest BCUT2D eigenvalue weighted by Gasteiger charge is 2.48. The van der Waals surface area contributed by atoms with E-state index in [4.69, 9.17) is 24.7 Å². The van der Waals surface area contributed by atoms with Gasteiger partial charge in [-0.1, -0.05) is 24.6 Å². The summed E-state index contributed by atoms with van der Waals surface area (Å²) >= 11 is 0. The van der Waals surface area contributed by atoms with Crippen molar-refractivity contribution in [2.75, 3.05) is 39.9 Å². The number of hydrogen-bond acceptors (Lipinski definition) is 13. The molecule has 0 radical (unpaired) electrons. The van der Waals surface area contributed by atoms with E-state index in [1.165, 1.54) is 19.4 Å². The summed E-state index contributed by atoms with van der Waals surface area (Å²) in [6.07, 6.45) is 1.40. The van der Waals surface area contributed by atoms with Gasteiger partial charge in [-0.15, -0.1) is 6.58 Å². The molecule has 0 aromatic heterocycles. The van der Waals surface area contributed by atoms with E-state index in [0.717, 1.165) is 37.0 Å². The van der Waals surface area contributed by atoms with Crippen LogP contribution in [0.3, 0.4) is 0 Å². The highest BCUT2D eigenvalue weighted by molar-refractivity contribution is 5.89. The fourth-order valence-corrected chi connectivity index (χ4v) is 6.96. The number of aliphatic carboxylic acids is 1. The standard InChI is InChI=1S/C32H50N4O12/c1-3-19-20(10-9-17-13-36(11-12-37)14-21(28(42)43)24(17)35-32(33)34-2)22(29(44)46-18-7-5-4-6-8-18)16-45-30(19)48-31-27(41)26(40)25(39)23(15-38)47-31/h3,9-10,16-21,23-27,30-31,37-41H,1,4-8,11-15H2,2H3,(H,42,43)(H3,33,34,35)/t17?,19-,20-,21?,23-,24?,25-,26+,27-,30+,31-/m1/s1. The van der Waals surface area contributed by atoms with E-state index in [2.05, 4.69) is 16.9 Å². The van der Waals surface area contributed by atoms with Crippen molar-refractivity contribution in [3.05, 3.63) is 36.6 Å². The van der Waals surface area contributed by atoms with E-state index in [1.807, 2.05) is 0 Å². The fraction of sp³-hybridized carbons (Fsp3) is 0.719. The normalized spacial score (nSPS) is 38.1. The molecule has 48 heavy (non-hydrogen) atoms. The van der Waals surface area contributed by atoms with Gasteiger partial charge in [-0.25, -0.2) is 4.79 Å². The molecule has 0 amide bonds. The molecular weight excluding hydrogens is 632 g/mol.